The molecule has 2 aromatic carbocycles. The monoisotopic (exact) mass is 432 g/mol. The molecule has 7 nitrogen and oxygen atoms in total. The van der Waals surface area contributed by atoms with Crippen LogP contribution in [0, 0.1) is 5.82 Å². The van der Waals surface area contributed by atoms with Crippen molar-refractivity contribution in [2.24, 2.45) is 0 Å². The van der Waals surface area contributed by atoms with Crippen LogP contribution < -0.4 is 15.4 Å². The van der Waals surface area contributed by atoms with Crippen LogP contribution in [0.15, 0.2) is 42.5 Å². The van der Waals surface area contributed by atoms with Gasteiger partial charge in [0.25, 0.3) is 5.91 Å². The van der Waals surface area contributed by atoms with Crippen molar-refractivity contribution >= 4 is 17.6 Å². The van der Waals surface area contributed by atoms with Gasteiger partial charge in [0.2, 0.25) is 5.79 Å². The summed E-state index contributed by atoms with van der Waals surface area (Å²) in [5.74, 6) is -3.54. The number of rotatable bonds is 8. The second kappa shape index (κ2) is 9.89. The molecule has 0 saturated heterocycles. The lowest BCUT2D eigenvalue weighted by Gasteiger charge is -2.30. The lowest BCUT2D eigenvalue weighted by molar-refractivity contribution is -0.121. The number of amides is 1. The van der Waals surface area contributed by atoms with Crippen molar-refractivity contribution in [1.82, 2.24) is 5.32 Å². The minimum atomic E-state index is -1.62. The second-order valence-corrected chi connectivity index (χ2v) is 8.25. The van der Waals surface area contributed by atoms with Crippen LogP contribution in [-0.2, 0) is 4.74 Å². The van der Waals surface area contributed by atoms with Crippen molar-refractivity contribution in [2.75, 3.05) is 18.5 Å². The number of halogens is 1. The fourth-order valence-electron chi connectivity index (χ4n) is 2.61. The zero-order valence-corrected chi connectivity index (χ0v) is 18.4. The zero-order chi connectivity index (χ0) is 23.2. The Balaban J connectivity index is 2.28. The molecule has 0 saturated carbocycles. The Morgan fingerprint density at radius 1 is 1.06 bits per heavy atom. The summed E-state index contributed by atoms with van der Waals surface area (Å²) in [7, 11) is 0. The van der Waals surface area contributed by atoms with E-state index in [4.69, 9.17) is 9.47 Å². The Hall–Kier alpha value is -2.97. The van der Waals surface area contributed by atoms with Gasteiger partial charge in [-0.2, -0.15) is 0 Å². The van der Waals surface area contributed by atoms with E-state index in [2.05, 4.69) is 10.6 Å². The molecular formula is C23H29FN2O5. The maximum absolute atomic E-state index is 13.9. The summed E-state index contributed by atoms with van der Waals surface area (Å²) in [6.45, 7) is 9.19. The zero-order valence-electron chi connectivity index (χ0n) is 18.4. The Labute approximate surface area is 181 Å². The summed E-state index contributed by atoms with van der Waals surface area (Å²) in [6.07, 6.45) is 0. The Kier molecular flexibility index (Phi) is 7.75. The number of ether oxygens (including phenoxy) is 2. The van der Waals surface area contributed by atoms with Crippen LogP contribution in [0.4, 0.5) is 10.1 Å². The number of hydrogen-bond donors (Lipinski definition) is 3. The van der Waals surface area contributed by atoms with Gasteiger partial charge in [-0.15, -0.1) is 0 Å². The summed E-state index contributed by atoms with van der Waals surface area (Å²) in [5.41, 5.74) is -0.116. The molecular weight excluding hydrogens is 403 g/mol. The topological polar surface area (TPSA) is 96.9 Å². The van der Waals surface area contributed by atoms with E-state index in [1.807, 2.05) is 20.8 Å². The molecule has 1 atom stereocenters. The highest BCUT2D eigenvalue weighted by atomic mass is 19.1. The van der Waals surface area contributed by atoms with Crippen molar-refractivity contribution in [3.05, 3.63) is 59.4 Å². The molecule has 0 radical (unpaired) electrons. The molecule has 3 N–H and O–H groups in total. The van der Waals surface area contributed by atoms with Crippen LogP contribution >= 0.6 is 0 Å². The van der Waals surface area contributed by atoms with Gasteiger partial charge in [-0.25, -0.2) is 9.18 Å². The minimum absolute atomic E-state index is 0.0178. The molecule has 0 fully saturated rings. The molecule has 0 heterocycles. The summed E-state index contributed by atoms with van der Waals surface area (Å²) in [6, 6.07) is 9.86. The third-order valence-corrected chi connectivity index (χ3v) is 4.13. The van der Waals surface area contributed by atoms with E-state index < -0.39 is 23.5 Å². The van der Waals surface area contributed by atoms with E-state index in [1.54, 1.807) is 13.0 Å². The highest BCUT2D eigenvalue weighted by Crippen LogP contribution is 2.27. The Morgan fingerprint density at radius 2 is 1.74 bits per heavy atom. The number of hydrogen-bond acceptors (Lipinski definition) is 6. The molecule has 0 aromatic heterocycles. The first kappa shape index (κ1) is 24.3. The summed E-state index contributed by atoms with van der Waals surface area (Å²) < 4.78 is 24.6. The molecule has 31 heavy (non-hydrogen) atoms. The number of carbonyl (C=O) groups excluding carboxylic acids is 2. The normalized spacial score (nSPS) is 13.3. The van der Waals surface area contributed by atoms with E-state index in [0.717, 1.165) is 0 Å². The maximum atomic E-state index is 13.9. The molecule has 1 unspecified atom stereocenters. The average molecular weight is 432 g/mol. The van der Waals surface area contributed by atoms with E-state index in [0.29, 0.717) is 0 Å². The maximum Gasteiger partial charge on any atom is 0.341 e. The minimum Gasteiger partial charge on any atom is -0.462 e. The van der Waals surface area contributed by atoms with Gasteiger partial charge in [0.15, 0.2) is 0 Å². The smallest absolute Gasteiger partial charge is 0.341 e. The molecule has 2 aromatic rings. The predicted octanol–water partition coefficient (Wildman–Crippen LogP) is 3.73. The summed E-state index contributed by atoms with van der Waals surface area (Å²) >= 11 is 0. The molecule has 0 aliphatic carbocycles. The van der Waals surface area contributed by atoms with Crippen molar-refractivity contribution in [1.29, 1.82) is 0 Å². The number of benzene rings is 2. The van der Waals surface area contributed by atoms with Gasteiger partial charge in [0, 0.05) is 18.2 Å². The van der Waals surface area contributed by atoms with E-state index in [1.165, 1.54) is 43.3 Å². The third-order valence-electron chi connectivity index (χ3n) is 4.13. The van der Waals surface area contributed by atoms with Gasteiger partial charge in [-0.3, -0.25) is 4.79 Å². The van der Waals surface area contributed by atoms with Crippen molar-refractivity contribution in [3.8, 4) is 5.75 Å². The van der Waals surface area contributed by atoms with Gasteiger partial charge < -0.3 is 25.2 Å². The van der Waals surface area contributed by atoms with Crippen LogP contribution in [0.1, 0.15) is 55.3 Å². The van der Waals surface area contributed by atoms with Crippen LogP contribution in [-0.4, -0.2) is 41.5 Å². The van der Waals surface area contributed by atoms with Gasteiger partial charge in [-0.1, -0.05) is 12.1 Å². The summed E-state index contributed by atoms with van der Waals surface area (Å²) in [5, 5.41) is 16.3. The molecule has 0 aliphatic rings. The van der Waals surface area contributed by atoms with Crippen molar-refractivity contribution < 1.29 is 28.6 Å². The van der Waals surface area contributed by atoms with Gasteiger partial charge in [-0.05, 0) is 58.0 Å². The van der Waals surface area contributed by atoms with Gasteiger partial charge in [0.05, 0.1) is 18.7 Å². The number of aliphatic hydroxyl groups is 1. The first-order valence-corrected chi connectivity index (χ1v) is 9.95. The Morgan fingerprint density at radius 3 is 2.35 bits per heavy atom. The number of carbonyl (C=O) groups is 2. The first-order chi connectivity index (χ1) is 14.4. The average Bonchev–Trinajstić information content (AvgIpc) is 2.67. The summed E-state index contributed by atoms with van der Waals surface area (Å²) in [4.78, 5) is 24.8. The lowest BCUT2D eigenvalue weighted by Crippen LogP contribution is -2.49. The van der Waals surface area contributed by atoms with Crippen molar-refractivity contribution in [3.63, 3.8) is 0 Å². The van der Waals surface area contributed by atoms with E-state index in [9.17, 15) is 19.1 Å². The van der Waals surface area contributed by atoms with Crippen LogP contribution in [0.2, 0.25) is 0 Å². The number of β-amino-alcohol motifs (C(OH)–C–C–N with tert-alkyl or cyclic N) is 1. The largest absolute Gasteiger partial charge is 0.462 e. The highest BCUT2D eigenvalue weighted by Gasteiger charge is 2.28. The molecule has 2 rings (SSSR count). The second-order valence-electron chi connectivity index (χ2n) is 8.25. The predicted molar refractivity (Wildman–Crippen MR) is 116 cm³/mol. The fraction of sp³-hybridized carbons (Fsp3) is 0.391. The van der Waals surface area contributed by atoms with Crippen LogP contribution in [0.5, 0.6) is 5.75 Å². The molecule has 8 heteroatoms. The Bertz CT molecular complexity index is 938. The molecule has 1 amide bonds. The molecule has 0 aliphatic heterocycles. The fourth-order valence-corrected chi connectivity index (χ4v) is 2.61. The van der Waals surface area contributed by atoms with E-state index in [-0.39, 0.29) is 41.3 Å². The standard InChI is InChI=1S/C23H29FN2O5/c1-6-30-21(28)17-13-15(26-20(27)16-9-7-8-10-18(16)24)11-12-19(17)31-23(5,29)14-25-22(2,3)4/h7-13,25,29H,6,14H2,1-5H3,(H,26,27). The number of anilines is 1. The number of esters is 1. The molecule has 168 valence electrons. The lowest BCUT2D eigenvalue weighted by atomic mass is 10.1. The number of nitrogens with one attached hydrogen (secondary N) is 2. The highest BCUT2D eigenvalue weighted by molar-refractivity contribution is 6.05. The van der Waals surface area contributed by atoms with Crippen molar-refractivity contribution in [2.45, 2.75) is 45.9 Å². The van der Waals surface area contributed by atoms with Gasteiger partial charge >= 0.3 is 5.97 Å². The molecule has 0 bridgehead atoms. The SMILES string of the molecule is CCOC(=O)c1cc(NC(=O)c2ccccc2F)ccc1OC(C)(O)CNC(C)(C)C. The first-order valence-electron chi connectivity index (χ1n) is 9.95. The molecule has 0 spiro atoms. The van der Waals surface area contributed by atoms with Crippen LogP contribution in [0.25, 0.3) is 0 Å². The van der Waals surface area contributed by atoms with E-state index >= 15 is 0 Å². The quantitative estimate of drug-likeness (QED) is 0.434. The van der Waals surface area contributed by atoms with Crippen LogP contribution in [0.3, 0.4) is 0 Å². The third kappa shape index (κ3) is 7.34. The van der Waals surface area contributed by atoms with Gasteiger partial charge in [0.1, 0.15) is 17.1 Å².